The van der Waals surface area contributed by atoms with Crippen LogP contribution in [0.25, 0.3) is 0 Å². The highest BCUT2D eigenvalue weighted by Gasteiger charge is 2.12. The van der Waals surface area contributed by atoms with Crippen molar-refractivity contribution in [1.82, 2.24) is 5.32 Å². The predicted molar refractivity (Wildman–Crippen MR) is 93.0 cm³/mol. The fraction of sp³-hybridized carbons (Fsp3) is 0.235. The third-order valence-electron chi connectivity index (χ3n) is 3.55. The van der Waals surface area contributed by atoms with Gasteiger partial charge >= 0.3 is 6.61 Å². The number of carbonyl (C=O) groups excluding carboxylic acids is 1. The van der Waals surface area contributed by atoms with E-state index >= 15 is 0 Å². The van der Waals surface area contributed by atoms with Crippen molar-refractivity contribution in [2.45, 2.75) is 24.5 Å². The van der Waals surface area contributed by atoms with Gasteiger partial charge in [-0.05, 0) is 35.4 Å². The molecule has 7 nitrogen and oxygen atoms in total. The van der Waals surface area contributed by atoms with Crippen LogP contribution in [0.2, 0.25) is 0 Å². The highest BCUT2D eigenvalue weighted by atomic mass is 32.2. The summed E-state index contributed by atoms with van der Waals surface area (Å²) in [5, 5.41) is 7.69. The Bertz CT molecular complexity index is 902. The summed E-state index contributed by atoms with van der Waals surface area (Å²) in [6, 6.07) is 9.99. The van der Waals surface area contributed by atoms with E-state index in [9.17, 15) is 22.0 Å². The van der Waals surface area contributed by atoms with Crippen LogP contribution in [0.3, 0.4) is 0 Å². The molecule has 1 amide bonds. The number of rotatable bonds is 8. The molecule has 0 saturated carbocycles. The number of carbonyl (C=O) groups is 1. The van der Waals surface area contributed by atoms with Gasteiger partial charge in [0.2, 0.25) is 15.9 Å². The molecule has 27 heavy (non-hydrogen) atoms. The number of amides is 1. The third-order valence-corrected chi connectivity index (χ3v) is 4.48. The monoisotopic (exact) mass is 400 g/mol. The molecule has 0 aliphatic rings. The molecule has 3 N–H and O–H groups in total. The predicted octanol–water partition coefficient (Wildman–Crippen LogP) is 1.80. The summed E-state index contributed by atoms with van der Waals surface area (Å²) < 4.78 is 56.4. The lowest BCUT2D eigenvalue weighted by atomic mass is 10.1. The number of halogens is 2. The van der Waals surface area contributed by atoms with Crippen molar-refractivity contribution in [2.24, 2.45) is 5.14 Å². The smallest absolute Gasteiger partial charge is 0.387 e. The lowest BCUT2D eigenvalue weighted by molar-refractivity contribution is -0.120. The molecule has 2 rings (SSSR count). The maximum Gasteiger partial charge on any atom is 0.387 e. The van der Waals surface area contributed by atoms with Gasteiger partial charge in [0.05, 0.1) is 18.4 Å². The first-order valence-corrected chi connectivity index (χ1v) is 9.24. The van der Waals surface area contributed by atoms with Crippen LogP contribution in [0.15, 0.2) is 47.4 Å². The van der Waals surface area contributed by atoms with Crippen molar-refractivity contribution in [1.29, 1.82) is 0 Å². The molecule has 10 heteroatoms. The van der Waals surface area contributed by atoms with Crippen molar-refractivity contribution < 1.29 is 31.5 Å². The molecule has 0 fully saturated rings. The number of sulfonamides is 1. The first-order chi connectivity index (χ1) is 12.7. The molecular weight excluding hydrogens is 382 g/mol. The Hall–Kier alpha value is -2.72. The fourth-order valence-electron chi connectivity index (χ4n) is 2.26. The van der Waals surface area contributed by atoms with E-state index in [-0.39, 0.29) is 35.3 Å². The lowest BCUT2D eigenvalue weighted by Crippen LogP contribution is -2.24. The van der Waals surface area contributed by atoms with E-state index in [4.69, 9.17) is 9.88 Å². The van der Waals surface area contributed by atoms with Gasteiger partial charge in [-0.3, -0.25) is 4.79 Å². The first kappa shape index (κ1) is 20.6. The molecule has 0 radical (unpaired) electrons. The number of nitrogens with two attached hydrogens (primary N) is 1. The standard InChI is InChI=1S/C17H18F2N2O5S/c1-25-15-8-12(4-7-14(15)26-17(18)19)10-21-16(22)9-11-2-5-13(6-3-11)27(20,23)24/h2-8,17H,9-10H2,1H3,(H,21,22)(H2,20,23,24). The number of benzene rings is 2. The van der Waals surface area contributed by atoms with Crippen molar-refractivity contribution in [3.63, 3.8) is 0 Å². The van der Waals surface area contributed by atoms with E-state index in [1.807, 2.05) is 0 Å². The van der Waals surface area contributed by atoms with Crippen LogP contribution in [-0.4, -0.2) is 28.0 Å². The van der Waals surface area contributed by atoms with Gasteiger partial charge in [-0.2, -0.15) is 8.78 Å². The fourth-order valence-corrected chi connectivity index (χ4v) is 2.78. The van der Waals surface area contributed by atoms with Crippen LogP contribution in [0, 0.1) is 0 Å². The summed E-state index contributed by atoms with van der Waals surface area (Å²) in [6.45, 7) is -2.82. The van der Waals surface area contributed by atoms with Gasteiger partial charge < -0.3 is 14.8 Å². The normalized spacial score (nSPS) is 11.3. The topological polar surface area (TPSA) is 108 Å². The first-order valence-electron chi connectivity index (χ1n) is 7.69. The Balaban J connectivity index is 1.95. The Kier molecular flexibility index (Phi) is 6.70. The molecule has 0 aliphatic heterocycles. The molecule has 0 saturated heterocycles. The molecule has 0 aliphatic carbocycles. The van der Waals surface area contributed by atoms with Gasteiger partial charge in [-0.25, -0.2) is 13.6 Å². The summed E-state index contributed by atoms with van der Waals surface area (Å²) in [7, 11) is -2.46. The van der Waals surface area contributed by atoms with Crippen molar-refractivity contribution in [3.05, 3.63) is 53.6 Å². The zero-order valence-corrected chi connectivity index (χ0v) is 15.1. The Labute approximate surface area is 155 Å². The molecule has 2 aromatic carbocycles. The molecule has 0 heterocycles. The number of alkyl halides is 2. The number of methoxy groups -OCH3 is 1. The van der Waals surface area contributed by atoms with E-state index in [0.29, 0.717) is 11.1 Å². The van der Waals surface area contributed by atoms with Crippen molar-refractivity contribution >= 4 is 15.9 Å². The number of hydrogen-bond acceptors (Lipinski definition) is 5. The summed E-state index contributed by atoms with van der Waals surface area (Å²) >= 11 is 0. The highest BCUT2D eigenvalue weighted by Crippen LogP contribution is 2.29. The third kappa shape index (κ3) is 6.19. The number of ether oxygens (including phenoxy) is 2. The molecule has 0 atom stereocenters. The second-order valence-electron chi connectivity index (χ2n) is 5.51. The van der Waals surface area contributed by atoms with Gasteiger partial charge in [0.1, 0.15) is 0 Å². The van der Waals surface area contributed by atoms with Gasteiger partial charge in [-0.1, -0.05) is 18.2 Å². The van der Waals surface area contributed by atoms with Crippen LogP contribution in [0.4, 0.5) is 8.78 Å². The molecule has 0 bridgehead atoms. The summed E-state index contributed by atoms with van der Waals surface area (Å²) in [4.78, 5) is 12.0. The minimum absolute atomic E-state index is 0.0363. The highest BCUT2D eigenvalue weighted by molar-refractivity contribution is 7.89. The SMILES string of the molecule is COc1cc(CNC(=O)Cc2ccc(S(N)(=O)=O)cc2)ccc1OC(F)F. The van der Waals surface area contributed by atoms with Crippen LogP contribution < -0.4 is 19.9 Å². The number of primary sulfonamides is 1. The second-order valence-corrected chi connectivity index (χ2v) is 7.07. The lowest BCUT2D eigenvalue weighted by Gasteiger charge is -2.12. The van der Waals surface area contributed by atoms with E-state index in [0.717, 1.165) is 0 Å². The quantitative estimate of drug-likeness (QED) is 0.703. The van der Waals surface area contributed by atoms with Gasteiger partial charge in [-0.15, -0.1) is 0 Å². The summed E-state index contributed by atoms with van der Waals surface area (Å²) in [5.74, 6) is -0.275. The number of hydrogen-bond donors (Lipinski definition) is 2. The second kappa shape index (κ2) is 8.78. The maximum atomic E-state index is 12.3. The van der Waals surface area contributed by atoms with Crippen LogP contribution in [-0.2, 0) is 27.8 Å². The molecule has 0 spiro atoms. The van der Waals surface area contributed by atoms with Crippen molar-refractivity contribution in [2.75, 3.05) is 7.11 Å². The van der Waals surface area contributed by atoms with Gasteiger partial charge in [0, 0.05) is 6.54 Å². The summed E-state index contributed by atoms with van der Waals surface area (Å²) in [6.07, 6.45) is 0.0363. The van der Waals surface area contributed by atoms with Crippen LogP contribution in [0.5, 0.6) is 11.5 Å². The minimum atomic E-state index is -3.78. The van der Waals surface area contributed by atoms with Gasteiger partial charge in [0.15, 0.2) is 11.5 Å². The van der Waals surface area contributed by atoms with Crippen LogP contribution in [0.1, 0.15) is 11.1 Å². The van der Waals surface area contributed by atoms with Gasteiger partial charge in [0.25, 0.3) is 0 Å². The molecule has 2 aromatic rings. The summed E-state index contributed by atoms with van der Waals surface area (Å²) in [5.41, 5.74) is 1.24. The zero-order valence-electron chi connectivity index (χ0n) is 14.3. The van der Waals surface area contributed by atoms with E-state index in [1.54, 1.807) is 0 Å². The largest absolute Gasteiger partial charge is 0.493 e. The number of nitrogens with one attached hydrogen (secondary N) is 1. The molecule has 0 aromatic heterocycles. The Morgan fingerprint density at radius 2 is 1.74 bits per heavy atom. The maximum absolute atomic E-state index is 12.3. The Morgan fingerprint density at radius 1 is 1.11 bits per heavy atom. The van der Waals surface area contributed by atoms with E-state index < -0.39 is 16.6 Å². The zero-order chi connectivity index (χ0) is 20.0. The van der Waals surface area contributed by atoms with Crippen molar-refractivity contribution in [3.8, 4) is 11.5 Å². The molecule has 146 valence electrons. The molecule has 0 unspecified atom stereocenters. The van der Waals surface area contributed by atoms with Crippen LogP contribution >= 0.6 is 0 Å². The minimum Gasteiger partial charge on any atom is -0.493 e. The van der Waals surface area contributed by atoms with E-state index in [2.05, 4.69) is 10.1 Å². The average Bonchev–Trinajstić information content (AvgIpc) is 2.60. The Morgan fingerprint density at radius 3 is 2.30 bits per heavy atom. The molecular formula is C17H18F2N2O5S. The van der Waals surface area contributed by atoms with E-state index in [1.165, 1.54) is 49.6 Å². The average molecular weight is 400 g/mol.